The number of methoxy groups -OCH3 is 3. The first-order valence-corrected chi connectivity index (χ1v) is 6.60. The molecule has 7 heteroatoms. The van der Waals surface area contributed by atoms with Gasteiger partial charge in [0.25, 0.3) is 0 Å². The molecule has 0 amide bonds. The number of fused-ring (bicyclic) bond motifs is 1. The number of hydrogen-bond donors (Lipinski definition) is 1. The topological polar surface area (TPSA) is 86.9 Å². The largest absolute Gasteiger partial charge is 0.493 e. The lowest BCUT2D eigenvalue weighted by molar-refractivity contribution is 0.0524. The van der Waals surface area contributed by atoms with Crippen molar-refractivity contribution in [2.45, 2.75) is 6.92 Å². The van der Waals surface area contributed by atoms with E-state index >= 15 is 0 Å². The van der Waals surface area contributed by atoms with Gasteiger partial charge in [0.05, 0.1) is 38.8 Å². The molecule has 0 spiro atoms. The van der Waals surface area contributed by atoms with Crippen LogP contribution in [0.1, 0.15) is 17.3 Å². The van der Waals surface area contributed by atoms with Gasteiger partial charge in [-0.3, -0.25) is 4.79 Å². The van der Waals surface area contributed by atoms with Crippen molar-refractivity contribution in [2.75, 3.05) is 27.9 Å². The Balaban J connectivity index is 2.83. The molecule has 1 N–H and O–H groups in total. The molecule has 0 saturated heterocycles. The van der Waals surface area contributed by atoms with Crippen LogP contribution < -0.4 is 19.6 Å². The number of esters is 1. The predicted molar refractivity (Wildman–Crippen MR) is 80.2 cm³/mol. The van der Waals surface area contributed by atoms with Crippen LogP contribution in [0.5, 0.6) is 17.2 Å². The van der Waals surface area contributed by atoms with Gasteiger partial charge in [-0.25, -0.2) is 4.79 Å². The molecule has 118 valence electrons. The molecular weight excluding hydrogens is 290 g/mol. The third kappa shape index (κ3) is 2.45. The zero-order chi connectivity index (χ0) is 16.3. The molecule has 0 aliphatic rings. The summed E-state index contributed by atoms with van der Waals surface area (Å²) in [6.45, 7) is 1.85. The fourth-order valence-corrected chi connectivity index (χ4v) is 2.21. The smallest absolute Gasteiger partial charge is 0.343 e. The highest BCUT2D eigenvalue weighted by Gasteiger charge is 2.22. The van der Waals surface area contributed by atoms with Crippen molar-refractivity contribution < 1.29 is 23.7 Å². The molecule has 0 saturated carbocycles. The summed E-state index contributed by atoms with van der Waals surface area (Å²) in [6, 6.07) is 1.60. The van der Waals surface area contributed by atoms with E-state index in [1.807, 2.05) is 0 Å². The van der Waals surface area contributed by atoms with E-state index in [1.165, 1.54) is 27.5 Å². The number of ether oxygens (including phenoxy) is 4. The van der Waals surface area contributed by atoms with Crippen LogP contribution in [0.25, 0.3) is 10.9 Å². The number of pyridine rings is 1. The number of H-pyrrole nitrogens is 1. The molecule has 1 aromatic heterocycles. The van der Waals surface area contributed by atoms with E-state index in [0.29, 0.717) is 11.3 Å². The Bertz CT molecular complexity index is 765. The lowest BCUT2D eigenvalue weighted by Crippen LogP contribution is -2.19. The van der Waals surface area contributed by atoms with Gasteiger partial charge in [0.1, 0.15) is 5.56 Å². The number of carbonyl (C=O) groups is 1. The van der Waals surface area contributed by atoms with E-state index in [-0.39, 0.29) is 29.1 Å². The molecule has 0 atom stereocenters. The average Bonchev–Trinajstić information content (AvgIpc) is 2.53. The summed E-state index contributed by atoms with van der Waals surface area (Å²) in [5.74, 6) is 0.196. The standard InChI is InChI=1S/C15H17NO6/c1-5-22-15(18)8-7-16-9-6-10(19-2)13(20-3)14(21-4)11(9)12(8)17/h6-7H,5H2,1-4H3,(H,16,17). The van der Waals surface area contributed by atoms with Crippen molar-refractivity contribution >= 4 is 16.9 Å². The molecule has 0 fully saturated rings. The van der Waals surface area contributed by atoms with Gasteiger partial charge in [0.2, 0.25) is 11.2 Å². The molecule has 22 heavy (non-hydrogen) atoms. The van der Waals surface area contributed by atoms with Crippen LogP contribution in [0.3, 0.4) is 0 Å². The van der Waals surface area contributed by atoms with Gasteiger partial charge in [-0.05, 0) is 6.92 Å². The van der Waals surface area contributed by atoms with Gasteiger partial charge >= 0.3 is 5.97 Å². The second kappa shape index (κ2) is 6.38. The number of hydrogen-bond acceptors (Lipinski definition) is 6. The Kier molecular flexibility index (Phi) is 4.55. The van der Waals surface area contributed by atoms with Crippen molar-refractivity contribution in [3.63, 3.8) is 0 Å². The number of nitrogens with one attached hydrogen (secondary N) is 1. The van der Waals surface area contributed by atoms with Crippen LogP contribution in [0.2, 0.25) is 0 Å². The summed E-state index contributed by atoms with van der Waals surface area (Å²) >= 11 is 0. The fraction of sp³-hybridized carbons (Fsp3) is 0.333. The van der Waals surface area contributed by atoms with Gasteiger partial charge in [0, 0.05) is 12.3 Å². The van der Waals surface area contributed by atoms with Crippen molar-refractivity contribution in [1.82, 2.24) is 4.98 Å². The molecule has 0 radical (unpaired) electrons. The first kappa shape index (κ1) is 15.7. The van der Waals surface area contributed by atoms with E-state index in [1.54, 1.807) is 13.0 Å². The minimum Gasteiger partial charge on any atom is -0.493 e. The summed E-state index contributed by atoms with van der Waals surface area (Å²) in [7, 11) is 4.33. The summed E-state index contributed by atoms with van der Waals surface area (Å²) in [5, 5.41) is 0.200. The number of carbonyl (C=O) groups excluding carboxylic acids is 1. The van der Waals surface area contributed by atoms with E-state index in [2.05, 4.69) is 4.98 Å². The van der Waals surface area contributed by atoms with Crippen LogP contribution in [-0.2, 0) is 4.74 Å². The van der Waals surface area contributed by atoms with Gasteiger partial charge in [-0.15, -0.1) is 0 Å². The third-order valence-corrected chi connectivity index (χ3v) is 3.17. The normalized spacial score (nSPS) is 10.4. The molecule has 7 nitrogen and oxygen atoms in total. The van der Waals surface area contributed by atoms with Crippen molar-refractivity contribution in [2.24, 2.45) is 0 Å². The van der Waals surface area contributed by atoms with Crippen LogP contribution >= 0.6 is 0 Å². The van der Waals surface area contributed by atoms with Crippen LogP contribution in [0.4, 0.5) is 0 Å². The Hall–Kier alpha value is -2.70. The van der Waals surface area contributed by atoms with Crippen LogP contribution in [-0.4, -0.2) is 38.9 Å². The van der Waals surface area contributed by atoms with E-state index in [9.17, 15) is 9.59 Å². The van der Waals surface area contributed by atoms with E-state index < -0.39 is 11.4 Å². The molecule has 2 rings (SSSR count). The van der Waals surface area contributed by atoms with Crippen molar-refractivity contribution in [1.29, 1.82) is 0 Å². The first-order valence-electron chi connectivity index (χ1n) is 6.60. The highest BCUT2D eigenvalue weighted by molar-refractivity contribution is 5.97. The van der Waals surface area contributed by atoms with Crippen molar-refractivity contribution in [3.8, 4) is 17.2 Å². The molecule has 2 aromatic rings. The van der Waals surface area contributed by atoms with Crippen LogP contribution in [0, 0.1) is 0 Å². The molecule has 0 aliphatic heterocycles. The minimum atomic E-state index is -0.692. The lowest BCUT2D eigenvalue weighted by atomic mass is 10.1. The fourth-order valence-electron chi connectivity index (χ4n) is 2.21. The summed E-state index contributed by atoms with van der Waals surface area (Å²) in [5.41, 5.74) is -0.127. The van der Waals surface area contributed by atoms with Gasteiger partial charge in [0.15, 0.2) is 11.5 Å². The lowest BCUT2D eigenvalue weighted by Gasteiger charge is -2.14. The predicted octanol–water partition coefficient (Wildman–Crippen LogP) is 1.73. The van der Waals surface area contributed by atoms with E-state index in [0.717, 1.165) is 0 Å². The molecule has 1 heterocycles. The summed E-state index contributed by atoms with van der Waals surface area (Å²) in [4.78, 5) is 27.3. The number of aromatic nitrogens is 1. The average molecular weight is 307 g/mol. The highest BCUT2D eigenvalue weighted by atomic mass is 16.5. The maximum absolute atomic E-state index is 12.6. The molecule has 0 bridgehead atoms. The molecule has 1 aromatic carbocycles. The third-order valence-electron chi connectivity index (χ3n) is 3.17. The molecular formula is C15H17NO6. The minimum absolute atomic E-state index is 0.0973. The van der Waals surface area contributed by atoms with Gasteiger partial charge in [-0.2, -0.15) is 0 Å². The first-order chi connectivity index (χ1) is 10.6. The molecule has 0 aliphatic carbocycles. The maximum Gasteiger partial charge on any atom is 0.343 e. The van der Waals surface area contributed by atoms with Gasteiger partial charge in [-0.1, -0.05) is 0 Å². The monoisotopic (exact) mass is 307 g/mol. The Morgan fingerprint density at radius 3 is 2.36 bits per heavy atom. The molecule has 0 unspecified atom stereocenters. The van der Waals surface area contributed by atoms with Crippen LogP contribution in [0.15, 0.2) is 17.1 Å². The Morgan fingerprint density at radius 2 is 1.82 bits per heavy atom. The summed E-state index contributed by atoms with van der Waals surface area (Å²) in [6.07, 6.45) is 1.31. The number of benzene rings is 1. The number of rotatable bonds is 5. The Morgan fingerprint density at radius 1 is 1.14 bits per heavy atom. The van der Waals surface area contributed by atoms with Gasteiger partial charge < -0.3 is 23.9 Å². The summed E-state index contributed by atoms with van der Waals surface area (Å²) < 4.78 is 20.6. The van der Waals surface area contributed by atoms with E-state index in [4.69, 9.17) is 18.9 Å². The second-order valence-electron chi connectivity index (χ2n) is 4.32. The quantitative estimate of drug-likeness (QED) is 0.847. The second-order valence-corrected chi connectivity index (χ2v) is 4.32. The Labute approximate surface area is 126 Å². The zero-order valence-electron chi connectivity index (χ0n) is 12.8. The number of aromatic amines is 1. The van der Waals surface area contributed by atoms with Crippen molar-refractivity contribution in [3.05, 3.63) is 28.0 Å². The zero-order valence-corrected chi connectivity index (χ0v) is 12.8. The highest BCUT2D eigenvalue weighted by Crippen LogP contribution is 2.41. The SMILES string of the molecule is CCOC(=O)c1c[nH]c2cc(OC)c(OC)c(OC)c2c1=O. The maximum atomic E-state index is 12.6.